The summed E-state index contributed by atoms with van der Waals surface area (Å²) in [7, 11) is 0. The molecule has 0 atom stereocenters. The number of nitrogens with zero attached hydrogens (tertiary/aromatic N) is 1. The average molecular weight is 121 g/mol. The highest BCUT2D eigenvalue weighted by Crippen LogP contribution is 2.53. The fourth-order valence-corrected chi connectivity index (χ4v) is 2.35. The zero-order valence-corrected chi connectivity index (χ0v) is 5.56. The van der Waals surface area contributed by atoms with Crippen LogP contribution in [0.4, 0.5) is 0 Å². The molecule has 0 spiro atoms. The lowest BCUT2D eigenvalue weighted by Gasteiger charge is -2.15. The van der Waals surface area contributed by atoms with Crippen LogP contribution < -0.4 is 0 Å². The molecule has 0 aromatic heterocycles. The zero-order chi connectivity index (χ0) is 6.32. The van der Waals surface area contributed by atoms with Crippen molar-refractivity contribution in [2.75, 3.05) is 0 Å². The second kappa shape index (κ2) is 1.50. The van der Waals surface area contributed by atoms with E-state index in [-0.39, 0.29) is 5.41 Å². The fourth-order valence-electron chi connectivity index (χ4n) is 2.35. The molecule has 0 amide bonds. The summed E-state index contributed by atoms with van der Waals surface area (Å²) in [6, 6.07) is 2.47. The van der Waals surface area contributed by atoms with E-state index in [1.165, 1.54) is 32.1 Å². The van der Waals surface area contributed by atoms with E-state index in [0.717, 1.165) is 5.92 Å². The van der Waals surface area contributed by atoms with Gasteiger partial charge in [0.1, 0.15) is 0 Å². The van der Waals surface area contributed by atoms with Crippen molar-refractivity contribution in [3.63, 3.8) is 0 Å². The van der Waals surface area contributed by atoms with Crippen molar-refractivity contribution in [3.8, 4) is 6.07 Å². The lowest BCUT2D eigenvalue weighted by Crippen LogP contribution is -2.09. The molecule has 2 bridgehead atoms. The Morgan fingerprint density at radius 1 is 1.33 bits per heavy atom. The summed E-state index contributed by atoms with van der Waals surface area (Å²) >= 11 is 0. The second-order valence-corrected chi connectivity index (χ2v) is 3.54. The maximum Gasteiger partial charge on any atom is 0.0689 e. The van der Waals surface area contributed by atoms with Crippen LogP contribution in [0.5, 0.6) is 0 Å². The highest BCUT2D eigenvalue weighted by atomic mass is 14.5. The molecule has 2 aliphatic carbocycles. The van der Waals surface area contributed by atoms with Gasteiger partial charge in [0.2, 0.25) is 0 Å². The molecular formula is C8H11N. The Morgan fingerprint density at radius 2 is 2.00 bits per heavy atom. The molecular weight excluding hydrogens is 110 g/mol. The van der Waals surface area contributed by atoms with E-state index < -0.39 is 0 Å². The SMILES string of the molecule is N#CC12CCC(CC1)C2. The maximum atomic E-state index is 8.79. The van der Waals surface area contributed by atoms with Crippen LogP contribution in [-0.2, 0) is 0 Å². The van der Waals surface area contributed by atoms with Crippen molar-refractivity contribution in [1.29, 1.82) is 5.26 Å². The Balaban J connectivity index is 2.25. The topological polar surface area (TPSA) is 23.8 Å². The molecule has 0 radical (unpaired) electrons. The molecule has 0 aromatic carbocycles. The summed E-state index contributed by atoms with van der Waals surface area (Å²) in [5.74, 6) is 0.921. The van der Waals surface area contributed by atoms with E-state index >= 15 is 0 Å². The maximum absolute atomic E-state index is 8.79. The lowest BCUT2D eigenvalue weighted by molar-refractivity contribution is 0.395. The number of rotatable bonds is 0. The molecule has 48 valence electrons. The van der Waals surface area contributed by atoms with Crippen molar-refractivity contribution >= 4 is 0 Å². The molecule has 2 saturated carbocycles. The lowest BCUT2D eigenvalue weighted by atomic mass is 9.86. The predicted molar refractivity (Wildman–Crippen MR) is 34.6 cm³/mol. The van der Waals surface area contributed by atoms with Gasteiger partial charge >= 0.3 is 0 Å². The van der Waals surface area contributed by atoms with Crippen molar-refractivity contribution in [2.45, 2.75) is 32.1 Å². The first-order chi connectivity index (χ1) is 4.35. The third kappa shape index (κ3) is 0.594. The summed E-state index contributed by atoms with van der Waals surface area (Å²) in [5.41, 5.74) is 0.157. The number of fused-ring (bicyclic) bond motifs is 2. The molecule has 2 rings (SSSR count). The van der Waals surface area contributed by atoms with Crippen molar-refractivity contribution in [1.82, 2.24) is 0 Å². The van der Waals surface area contributed by atoms with Gasteiger partial charge in [-0.1, -0.05) is 0 Å². The van der Waals surface area contributed by atoms with Gasteiger partial charge < -0.3 is 0 Å². The minimum atomic E-state index is 0.157. The minimum absolute atomic E-state index is 0.157. The van der Waals surface area contributed by atoms with Crippen LogP contribution >= 0.6 is 0 Å². The van der Waals surface area contributed by atoms with Gasteiger partial charge in [-0.15, -0.1) is 0 Å². The smallest absolute Gasteiger partial charge is 0.0689 e. The normalized spacial score (nSPS) is 47.2. The standard InChI is InChI=1S/C8H11N/c9-6-8-3-1-7(5-8)2-4-8/h7H,1-5H2. The highest BCUT2D eigenvalue weighted by molar-refractivity contribution is 5.08. The molecule has 9 heavy (non-hydrogen) atoms. The number of hydrogen-bond donors (Lipinski definition) is 0. The van der Waals surface area contributed by atoms with Crippen LogP contribution in [0.2, 0.25) is 0 Å². The third-order valence-corrected chi connectivity index (χ3v) is 2.98. The molecule has 0 saturated heterocycles. The zero-order valence-electron chi connectivity index (χ0n) is 5.56. The van der Waals surface area contributed by atoms with Crippen LogP contribution in [-0.4, -0.2) is 0 Å². The van der Waals surface area contributed by atoms with Crippen LogP contribution in [0.25, 0.3) is 0 Å². The Hall–Kier alpha value is -0.510. The van der Waals surface area contributed by atoms with Crippen LogP contribution in [0.1, 0.15) is 32.1 Å². The Bertz CT molecular complexity index is 158. The molecule has 0 aromatic rings. The van der Waals surface area contributed by atoms with E-state index in [0.29, 0.717) is 0 Å². The predicted octanol–water partition coefficient (Wildman–Crippen LogP) is 2.09. The first kappa shape index (κ1) is 5.29. The van der Waals surface area contributed by atoms with E-state index in [2.05, 4.69) is 6.07 Å². The largest absolute Gasteiger partial charge is 0.198 e. The average Bonchev–Trinajstić information content (AvgIpc) is 2.46. The van der Waals surface area contributed by atoms with Crippen LogP contribution in [0.15, 0.2) is 0 Å². The van der Waals surface area contributed by atoms with Crippen LogP contribution in [0.3, 0.4) is 0 Å². The number of nitriles is 1. The fraction of sp³-hybridized carbons (Fsp3) is 0.875. The van der Waals surface area contributed by atoms with E-state index in [9.17, 15) is 0 Å². The molecule has 2 aliphatic rings. The van der Waals surface area contributed by atoms with Crippen molar-refractivity contribution < 1.29 is 0 Å². The molecule has 0 N–H and O–H groups in total. The first-order valence-electron chi connectivity index (χ1n) is 3.76. The highest BCUT2D eigenvalue weighted by Gasteiger charge is 2.44. The summed E-state index contributed by atoms with van der Waals surface area (Å²) in [5, 5.41) is 8.79. The first-order valence-corrected chi connectivity index (χ1v) is 3.76. The molecule has 1 heteroatoms. The quantitative estimate of drug-likeness (QED) is 0.481. The van der Waals surface area contributed by atoms with Crippen LogP contribution in [0, 0.1) is 22.7 Å². The van der Waals surface area contributed by atoms with Gasteiger partial charge in [-0.3, -0.25) is 0 Å². The van der Waals surface area contributed by atoms with Gasteiger partial charge in [0, 0.05) is 0 Å². The minimum Gasteiger partial charge on any atom is -0.198 e. The third-order valence-electron chi connectivity index (χ3n) is 2.98. The Kier molecular flexibility index (Phi) is 0.883. The molecule has 0 unspecified atom stereocenters. The van der Waals surface area contributed by atoms with Gasteiger partial charge in [-0.05, 0) is 38.0 Å². The van der Waals surface area contributed by atoms with E-state index in [1.807, 2.05) is 0 Å². The van der Waals surface area contributed by atoms with Gasteiger partial charge in [0.05, 0.1) is 11.5 Å². The van der Waals surface area contributed by atoms with Gasteiger partial charge in [0.15, 0.2) is 0 Å². The van der Waals surface area contributed by atoms with Gasteiger partial charge in [-0.2, -0.15) is 5.26 Å². The summed E-state index contributed by atoms with van der Waals surface area (Å²) in [4.78, 5) is 0. The Morgan fingerprint density at radius 3 is 2.22 bits per heavy atom. The van der Waals surface area contributed by atoms with Gasteiger partial charge in [-0.25, -0.2) is 0 Å². The Labute approximate surface area is 55.7 Å². The molecule has 2 fully saturated rings. The monoisotopic (exact) mass is 121 g/mol. The summed E-state index contributed by atoms with van der Waals surface area (Å²) in [6.45, 7) is 0. The molecule has 1 nitrogen and oxygen atoms in total. The van der Waals surface area contributed by atoms with E-state index in [4.69, 9.17) is 5.26 Å². The molecule has 0 aliphatic heterocycles. The summed E-state index contributed by atoms with van der Waals surface area (Å²) in [6.07, 6.45) is 6.24. The second-order valence-electron chi connectivity index (χ2n) is 3.54. The molecule has 0 heterocycles. The van der Waals surface area contributed by atoms with Crippen molar-refractivity contribution in [3.05, 3.63) is 0 Å². The van der Waals surface area contributed by atoms with E-state index in [1.54, 1.807) is 0 Å². The summed E-state index contributed by atoms with van der Waals surface area (Å²) < 4.78 is 0. The van der Waals surface area contributed by atoms with Crippen molar-refractivity contribution in [2.24, 2.45) is 11.3 Å². The van der Waals surface area contributed by atoms with Gasteiger partial charge in [0.25, 0.3) is 0 Å². The number of hydrogen-bond acceptors (Lipinski definition) is 1.